The number of nitrogens with one attached hydrogen (secondary N) is 1. The molecule has 0 spiro atoms. The van der Waals surface area contributed by atoms with Gasteiger partial charge in [-0.05, 0) is 19.1 Å². The normalized spacial score (nSPS) is 27.0. The molecule has 0 amide bonds. The fourth-order valence-electron chi connectivity index (χ4n) is 2.22. The Morgan fingerprint density at radius 1 is 1.41 bits per heavy atom. The maximum atomic E-state index is 12.0. The number of carbonyl (C=O) groups excluding carboxylic acids is 2. The van der Waals surface area contributed by atoms with E-state index in [9.17, 15) is 24.4 Å². The van der Waals surface area contributed by atoms with Crippen LogP contribution in [0.5, 0.6) is 0 Å². The van der Waals surface area contributed by atoms with Gasteiger partial charge in [0.1, 0.15) is 24.4 Å². The Hall–Kier alpha value is -1.88. The van der Waals surface area contributed by atoms with E-state index < -0.39 is 50.8 Å². The number of hydrogen-bond acceptors (Lipinski definition) is 10. The zero-order valence-electron chi connectivity index (χ0n) is 14.6. The minimum Gasteiger partial charge on any atom is -0.468 e. The Morgan fingerprint density at radius 2 is 2.15 bits per heavy atom. The van der Waals surface area contributed by atoms with Gasteiger partial charge in [0.2, 0.25) is 6.29 Å². The molecule has 1 fully saturated rings. The largest absolute Gasteiger partial charge is 0.468 e. The molecule has 2 heterocycles. The highest BCUT2D eigenvalue weighted by atomic mass is 31.1. The number of aliphatic hydroxyl groups excluding tert-OH is 2. The van der Waals surface area contributed by atoms with Gasteiger partial charge in [-0.1, -0.05) is 0 Å². The van der Waals surface area contributed by atoms with Crippen LogP contribution in [-0.2, 0) is 28.1 Å². The lowest BCUT2D eigenvalue weighted by Crippen LogP contribution is -2.36. The number of aromatic nitrogens is 1. The van der Waals surface area contributed by atoms with Gasteiger partial charge < -0.3 is 28.9 Å². The molecule has 150 valence electrons. The minimum atomic E-state index is -2.84. The summed E-state index contributed by atoms with van der Waals surface area (Å²) in [6.45, 7) is 1.08. The summed E-state index contributed by atoms with van der Waals surface area (Å²) in [6.07, 6.45) is -2.69. The number of rotatable bonds is 8. The molecule has 11 nitrogen and oxygen atoms in total. The summed E-state index contributed by atoms with van der Waals surface area (Å²) in [4.78, 5) is 27.0. The van der Waals surface area contributed by atoms with Gasteiger partial charge in [0.05, 0.1) is 19.3 Å². The van der Waals surface area contributed by atoms with E-state index in [-0.39, 0.29) is 12.2 Å². The first kappa shape index (κ1) is 21.4. The lowest BCUT2D eigenvalue weighted by molar-refractivity contribution is -0.142. The molecule has 0 bridgehead atoms. The van der Waals surface area contributed by atoms with Crippen LogP contribution in [0.3, 0.4) is 0 Å². The van der Waals surface area contributed by atoms with Crippen molar-refractivity contribution in [2.24, 2.45) is 0 Å². The van der Waals surface area contributed by atoms with E-state index in [2.05, 4.69) is 14.8 Å². The quantitative estimate of drug-likeness (QED) is 0.370. The van der Waals surface area contributed by atoms with E-state index in [1.54, 1.807) is 0 Å². The molecule has 0 radical (unpaired) electrons. The number of methoxy groups -OCH3 is 1. The molecule has 1 saturated heterocycles. The van der Waals surface area contributed by atoms with Gasteiger partial charge in [-0.25, -0.2) is 9.88 Å². The summed E-state index contributed by atoms with van der Waals surface area (Å²) in [5, 5.41) is 22.4. The smallest absolute Gasteiger partial charge is 0.342 e. The lowest BCUT2D eigenvalue weighted by atomic mass is 10.1. The molecule has 0 saturated carbocycles. The highest BCUT2D eigenvalue weighted by molar-refractivity contribution is 7.36. The van der Waals surface area contributed by atoms with Crippen LogP contribution in [0, 0.1) is 0 Å². The second kappa shape index (κ2) is 9.88. The first-order chi connectivity index (χ1) is 12.8. The van der Waals surface area contributed by atoms with Crippen LogP contribution >= 0.6 is 8.18 Å². The number of hydrogen-bond donors (Lipinski definition) is 3. The van der Waals surface area contributed by atoms with Crippen LogP contribution in [0.4, 0.5) is 0 Å². The molecule has 12 heteroatoms. The Morgan fingerprint density at radius 3 is 2.78 bits per heavy atom. The number of carbonyl (C=O) groups is 2. The van der Waals surface area contributed by atoms with Crippen LogP contribution in [-0.4, -0.2) is 71.5 Å². The van der Waals surface area contributed by atoms with E-state index >= 15 is 0 Å². The summed E-state index contributed by atoms with van der Waals surface area (Å²) >= 11 is 0. The number of nitrogens with zero attached hydrogens (tertiary/aromatic N) is 1. The predicted octanol–water partition coefficient (Wildman–Crippen LogP) is -0.758. The van der Waals surface area contributed by atoms with Crippen LogP contribution in [0.25, 0.3) is 0 Å². The van der Waals surface area contributed by atoms with Crippen LogP contribution in [0.2, 0.25) is 0 Å². The number of aliphatic hydroxyl groups is 2. The molecule has 1 aliphatic rings. The number of pyridine rings is 1. The number of esters is 2. The monoisotopic (exact) mass is 404 g/mol. The van der Waals surface area contributed by atoms with Gasteiger partial charge in [-0.15, -0.1) is 0 Å². The first-order valence-electron chi connectivity index (χ1n) is 7.97. The van der Waals surface area contributed by atoms with Gasteiger partial charge in [-0.2, -0.15) is 0 Å². The van der Waals surface area contributed by atoms with Crippen molar-refractivity contribution < 1.29 is 43.1 Å². The maximum absolute atomic E-state index is 12.0. The van der Waals surface area contributed by atoms with Crippen molar-refractivity contribution in [1.82, 2.24) is 10.1 Å². The highest BCUT2D eigenvalue weighted by Crippen LogP contribution is 2.26. The van der Waals surface area contributed by atoms with Crippen molar-refractivity contribution in [1.29, 1.82) is 0 Å². The summed E-state index contributed by atoms with van der Waals surface area (Å²) in [6, 6.07) is 2.15. The average Bonchev–Trinajstić information content (AvgIpc) is 2.94. The summed E-state index contributed by atoms with van der Waals surface area (Å²) in [7, 11) is -1.65. The molecule has 6 atom stereocenters. The molecule has 27 heavy (non-hydrogen) atoms. The second-order valence-electron chi connectivity index (χ2n) is 5.66. The molecular formula is C15H21N2O9P. The van der Waals surface area contributed by atoms with E-state index in [0.29, 0.717) is 0 Å². The van der Waals surface area contributed by atoms with Crippen molar-refractivity contribution in [2.75, 3.05) is 13.7 Å². The molecule has 1 aliphatic heterocycles. The van der Waals surface area contributed by atoms with Gasteiger partial charge in [-0.3, -0.25) is 14.3 Å². The van der Waals surface area contributed by atoms with E-state index in [1.807, 2.05) is 0 Å². The molecule has 3 N–H and O–H groups in total. The van der Waals surface area contributed by atoms with Crippen LogP contribution in [0.1, 0.15) is 17.3 Å². The average molecular weight is 404 g/mol. The van der Waals surface area contributed by atoms with Crippen molar-refractivity contribution in [2.45, 2.75) is 37.6 Å². The zero-order valence-corrected chi connectivity index (χ0v) is 15.6. The Bertz CT molecular complexity index is 675. The lowest BCUT2D eigenvalue weighted by Gasteiger charge is -2.16. The Balaban J connectivity index is 1.84. The number of ether oxygens (including phenoxy) is 3. The van der Waals surface area contributed by atoms with Crippen molar-refractivity contribution >= 4 is 20.1 Å². The fourth-order valence-corrected chi connectivity index (χ4v) is 3.09. The summed E-state index contributed by atoms with van der Waals surface area (Å²) < 4.78 is 31.6. The van der Waals surface area contributed by atoms with Crippen molar-refractivity contribution in [3.05, 3.63) is 30.1 Å². The van der Waals surface area contributed by atoms with Gasteiger partial charge >= 0.3 is 11.9 Å². The summed E-state index contributed by atoms with van der Waals surface area (Å²) in [5.41, 5.74) is 0.147. The van der Waals surface area contributed by atoms with Gasteiger partial charge in [0.25, 0.3) is 8.18 Å². The van der Waals surface area contributed by atoms with Crippen LogP contribution < -0.4 is 5.09 Å². The van der Waals surface area contributed by atoms with Gasteiger partial charge in [0.15, 0.2) is 0 Å². The second-order valence-corrected chi connectivity index (χ2v) is 6.81. The minimum absolute atomic E-state index is 0.147. The highest BCUT2D eigenvalue weighted by Gasteiger charge is 2.45. The summed E-state index contributed by atoms with van der Waals surface area (Å²) in [5.74, 6) is -1.41. The predicted molar refractivity (Wildman–Crippen MR) is 89.9 cm³/mol. The maximum Gasteiger partial charge on any atom is 0.342 e. The third-order valence-electron chi connectivity index (χ3n) is 3.71. The fraction of sp³-hybridized carbons (Fsp3) is 0.533. The van der Waals surface area contributed by atoms with Crippen molar-refractivity contribution in [3.63, 3.8) is 0 Å². The first-order valence-corrected chi connectivity index (χ1v) is 9.29. The third kappa shape index (κ3) is 5.80. The molecule has 0 aromatic carbocycles. The van der Waals surface area contributed by atoms with E-state index in [1.165, 1.54) is 38.6 Å². The Kier molecular flexibility index (Phi) is 7.84. The standard InChI is InChI=1S/C15H21N2O9P/c1-8(13(20)23-2)17-27(22)24-7-10-11(18)12(19)15(25-10)26-14(21)9-4-3-5-16-6-9/h3-6,8,10-12,15,18-19,27H,7H2,1-2H3,(H,17,22)/t8?,10-,11-,12-,15?/m1/s1. The topological polar surface area (TPSA) is 154 Å². The molecule has 1 aromatic rings. The molecule has 0 aliphatic carbocycles. The third-order valence-corrected chi connectivity index (χ3v) is 4.80. The molecular weight excluding hydrogens is 383 g/mol. The molecule has 1 aromatic heterocycles. The SMILES string of the molecule is COC(=O)C(C)N[PH](=O)OC[C@H]1OC(OC(=O)c2cccnc2)[C@H](O)[C@@H]1O. The van der Waals surface area contributed by atoms with Crippen LogP contribution in [0.15, 0.2) is 24.5 Å². The Labute approximate surface area is 155 Å². The van der Waals surface area contributed by atoms with Crippen molar-refractivity contribution in [3.8, 4) is 0 Å². The van der Waals surface area contributed by atoms with Gasteiger partial charge in [0, 0.05) is 12.4 Å². The molecule has 3 unspecified atom stereocenters. The zero-order chi connectivity index (χ0) is 20.0. The van der Waals surface area contributed by atoms with E-state index in [0.717, 1.165) is 0 Å². The molecule has 2 rings (SSSR count). The van der Waals surface area contributed by atoms with E-state index in [4.69, 9.17) is 14.0 Å².